The van der Waals surface area contributed by atoms with Gasteiger partial charge in [-0.15, -0.1) is 0 Å². The molecule has 2 nitrogen and oxygen atoms in total. The molecular weight excluding hydrogens is 215 g/mol. The highest BCUT2D eigenvalue weighted by Gasteiger charge is 2.24. The predicted octanol–water partition coefficient (Wildman–Crippen LogP) is 2.32. The van der Waals surface area contributed by atoms with Crippen LogP contribution >= 0.6 is 0 Å². The van der Waals surface area contributed by atoms with Crippen molar-refractivity contribution in [3.05, 3.63) is 35.1 Å². The molecule has 3 heteroatoms. The van der Waals surface area contributed by atoms with Crippen LogP contribution in [0.25, 0.3) is 0 Å². The fraction of sp³-hybridized carbons (Fsp3) is 0.571. The van der Waals surface area contributed by atoms with Gasteiger partial charge in [-0.05, 0) is 44.0 Å². The lowest BCUT2D eigenvalue weighted by Gasteiger charge is -2.39. The highest BCUT2D eigenvalue weighted by molar-refractivity contribution is 5.26. The summed E-state index contributed by atoms with van der Waals surface area (Å²) in [5, 5.41) is 3.42. The van der Waals surface area contributed by atoms with Gasteiger partial charge in [0.1, 0.15) is 5.82 Å². The standard InChI is InChI=1S/C14H21FN2/c1-10-6-14(15)5-4-13(10)9-17-11(2)7-16-8-12(17)3/h4-6,11-12,16H,7-9H2,1-3H3. The topological polar surface area (TPSA) is 15.3 Å². The van der Waals surface area contributed by atoms with E-state index in [9.17, 15) is 4.39 Å². The summed E-state index contributed by atoms with van der Waals surface area (Å²) >= 11 is 0. The number of nitrogens with one attached hydrogen (secondary N) is 1. The molecular formula is C14H21FN2. The minimum atomic E-state index is -0.146. The highest BCUT2D eigenvalue weighted by atomic mass is 19.1. The maximum absolute atomic E-state index is 13.1. The van der Waals surface area contributed by atoms with Crippen LogP contribution in [0.2, 0.25) is 0 Å². The molecule has 2 rings (SSSR count). The SMILES string of the molecule is Cc1cc(F)ccc1CN1C(C)CNCC1C. The van der Waals surface area contributed by atoms with Crippen LogP contribution in [0.4, 0.5) is 4.39 Å². The summed E-state index contributed by atoms with van der Waals surface area (Å²) in [4.78, 5) is 2.48. The van der Waals surface area contributed by atoms with Crippen molar-refractivity contribution in [1.29, 1.82) is 0 Å². The Morgan fingerprint density at radius 1 is 1.29 bits per heavy atom. The van der Waals surface area contributed by atoms with Gasteiger partial charge in [0.2, 0.25) is 0 Å². The third-order valence-corrected chi connectivity index (χ3v) is 3.67. The van der Waals surface area contributed by atoms with Crippen LogP contribution in [0.3, 0.4) is 0 Å². The second-order valence-electron chi connectivity index (χ2n) is 5.10. The third-order valence-electron chi connectivity index (χ3n) is 3.67. The second kappa shape index (κ2) is 5.15. The maximum Gasteiger partial charge on any atom is 0.123 e. The van der Waals surface area contributed by atoms with Crippen molar-refractivity contribution < 1.29 is 4.39 Å². The molecule has 0 spiro atoms. The number of hydrogen-bond acceptors (Lipinski definition) is 2. The lowest BCUT2D eigenvalue weighted by Crippen LogP contribution is -2.54. The van der Waals surface area contributed by atoms with Crippen molar-refractivity contribution >= 4 is 0 Å². The number of piperazine rings is 1. The first-order valence-corrected chi connectivity index (χ1v) is 6.29. The van der Waals surface area contributed by atoms with Gasteiger partial charge in [0.05, 0.1) is 0 Å². The molecule has 0 aromatic heterocycles. The van der Waals surface area contributed by atoms with Gasteiger partial charge < -0.3 is 5.32 Å². The number of nitrogens with zero attached hydrogens (tertiary/aromatic N) is 1. The van der Waals surface area contributed by atoms with Gasteiger partial charge in [-0.3, -0.25) is 4.90 Å². The first-order valence-electron chi connectivity index (χ1n) is 6.29. The quantitative estimate of drug-likeness (QED) is 0.847. The number of halogens is 1. The summed E-state index contributed by atoms with van der Waals surface area (Å²) in [6.07, 6.45) is 0. The smallest absolute Gasteiger partial charge is 0.123 e. The maximum atomic E-state index is 13.1. The lowest BCUT2D eigenvalue weighted by atomic mass is 10.0. The molecule has 1 aliphatic rings. The van der Waals surface area contributed by atoms with Crippen LogP contribution in [0.15, 0.2) is 18.2 Å². The van der Waals surface area contributed by atoms with Crippen molar-refractivity contribution in [3.8, 4) is 0 Å². The Balaban J connectivity index is 2.13. The molecule has 1 heterocycles. The average molecular weight is 236 g/mol. The summed E-state index contributed by atoms with van der Waals surface area (Å²) in [6, 6.07) is 6.14. The van der Waals surface area contributed by atoms with Gasteiger partial charge in [0, 0.05) is 31.7 Å². The Bertz CT molecular complexity index is 382. The minimum absolute atomic E-state index is 0.146. The number of aryl methyl sites for hydroxylation is 1. The molecule has 1 aromatic rings. The Morgan fingerprint density at radius 3 is 2.53 bits per heavy atom. The molecule has 0 aliphatic carbocycles. The van der Waals surface area contributed by atoms with Gasteiger partial charge in [0.15, 0.2) is 0 Å². The number of rotatable bonds is 2. The summed E-state index contributed by atoms with van der Waals surface area (Å²) in [5.74, 6) is -0.146. The van der Waals surface area contributed by atoms with Crippen LogP contribution in [0.1, 0.15) is 25.0 Å². The van der Waals surface area contributed by atoms with Crippen molar-refractivity contribution in [2.24, 2.45) is 0 Å². The van der Waals surface area contributed by atoms with E-state index < -0.39 is 0 Å². The predicted molar refractivity (Wildman–Crippen MR) is 68.5 cm³/mol. The van der Waals surface area contributed by atoms with Crippen LogP contribution < -0.4 is 5.32 Å². The molecule has 0 bridgehead atoms. The van der Waals surface area contributed by atoms with Crippen LogP contribution in [-0.2, 0) is 6.54 Å². The zero-order valence-corrected chi connectivity index (χ0v) is 10.8. The van der Waals surface area contributed by atoms with E-state index in [2.05, 4.69) is 24.1 Å². The molecule has 0 saturated carbocycles. The molecule has 1 fully saturated rings. The molecule has 2 unspecified atom stereocenters. The summed E-state index contributed by atoms with van der Waals surface area (Å²) < 4.78 is 13.1. The van der Waals surface area contributed by atoms with E-state index in [1.165, 1.54) is 5.56 Å². The normalized spacial score (nSPS) is 26.1. The van der Waals surface area contributed by atoms with Gasteiger partial charge in [-0.2, -0.15) is 0 Å². The summed E-state index contributed by atoms with van der Waals surface area (Å²) in [7, 11) is 0. The third kappa shape index (κ3) is 2.85. The fourth-order valence-corrected chi connectivity index (χ4v) is 2.52. The average Bonchev–Trinajstić information content (AvgIpc) is 2.26. The van der Waals surface area contributed by atoms with E-state index in [4.69, 9.17) is 0 Å². The minimum Gasteiger partial charge on any atom is -0.314 e. The number of hydrogen-bond donors (Lipinski definition) is 1. The van der Waals surface area contributed by atoms with E-state index in [-0.39, 0.29) is 5.82 Å². The molecule has 2 atom stereocenters. The second-order valence-corrected chi connectivity index (χ2v) is 5.10. The molecule has 1 aliphatic heterocycles. The van der Waals surface area contributed by atoms with Crippen molar-refractivity contribution in [1.82, 2.24) is 10.2 Å². The van der Waals surface area contributed by atoms with Crippen LogP contribution in [0.5, 0.6) is 0 Å². The zero-order chi connectivity index (χ0) is 12.4. The molecule has 0 radical (unpaired) electrons. The molecule has 1 aromatic carbocycles. The van der Waals surface area contributed by atoms with Gasteiger partial charge in [0.25, 0.3) is 0 Å². The molecule has 17 heavy (non-hydrogen) atoms. The molecule has 0 amide bonds. The largest absolute Gasteiger partial charge is 0.314 e. The zero-order valence-electron chi connectivity index (χ0n) is 10.8. The van der Waals surface area contributed by atoms with Crippen molar-refractivity contribution in [2.75, 3.05) is 13.1 Å². The fourth-order valence-electron chi connectivity index (χ4n) is 2.52. The van der Waals surface area contributed by atoms with Gasteiger partial charge in [-0.1, -0.05) is 6.07 Å². The Morgan fingerprint density at radius 2 is 1.94 bits per heavy atom. The van der Waals surface area contributed by atoms with Crippen LogP contribution in [0, 0.1) is 12.7 Å². The summed E-state index contributed by atoms with van der Waals surface area (Å²) in [5.41, 5.74) is 2.27. The molecule has 1 N–H and O–H groups in total. The van der Waals surface area contributed by atoms with Crippen molar-refractivity contribution in [3.63, 3.8) is 0 Å². The highest BCUT2D eigenvalue weighted by Crippen LogP contribution is 2.18. The molecule has 1 saturated heterocycles. The van der Waals surface area contributed by atoms with Crippen molar-refractivity contribution in [2.45, 2.75) is 39.4 Å². The summed E-state index contributed by atoms with van der Waals surface area (Å²) in [6.45, 7) is 9.43. The Hall–Kier alpha value is -0.930. The van der Waals surface area contributed by atoms with E-state index >= 15 is 0 Å². The van der Waals surface area contributed by atoms with E-state index in [0.717, 1.165) is 25.2 Å². The molecule has 94 valence electrons. The number of benzene rings is 1. The van der Waals surface area contributed by atoms with Crippen LogP contribution in [-0.4, -0.2) is 30.1 Å². The Labute approximate surface area is 103 Å². The Kier molecular flexibility index (Phi) is 3.79. The monoisotopic (exact) mass is 236 g/mol. The van der Waals surface area contributed by atoms with E-state index in [1.54, 1.807) is 12.1 Å². The lowest BCUT2D eigenvalue weighted by molar-refractivity contribution is 0.108. The first kappa shape index (κ1) is 12.5. The van der Waals surface area contributed by atoms with Gasteiger partial charge in [-0.25, -0.2) is 4.39 Å². The van der Waals surface area contributed by atoms with E-state index in [1.807, 2.05) is 13.0 Å². The first-order chi connectivity index (χ1) is 8.08. The van der Waals surface area contributed by atoms with E-state index in [0.29, 0.717) is 12.1 Å². The van der Waals surface area contributed by atoms with Gasteiger partial charge >= 0.3 is 0 Å².